The molecule has 118 valence electrons. The molecule has 2 aromatic rings. The third-order valence-electron chi connectivity index (χ3n) is 4.69. The first-order valence-electron chi connectivity index (χ1n) is 8.11. The molecule has 2 bridgehead atoms. The van der Waals surface area contributed by atoms with Gasteiger partial charge in [-0.2, -0.15) is 4.37 Å². The molecule has 4 rings (SSSR count). The minimum atomic E-state index is 0.356. The lowest BCUT2D eigenvalue weighted by molar-refractivity contribution is 0.269. The largest absolute Gasteiger partial charge is 0.463 e. The van der Waals surface area contributed by atoms with Crippen LogP contribution < -0.4 is 4.74 Å². The van der Waals surface area contributed by atoms with Crippen LogP contribution in [0.2, 0.25) is 0 Å². The molecule has 3 heterocycles. The molecule has 3 atom stereocenters. The number of benzene rings is 1. The second kappa shape index (κ2) is 6.69. The van der Waals surface area contributed by atoms with Gasteiger partial charge < -0.3 is 9.64 Å². The summed E-state index contributed by atoms with van der Waals surface area (Å²) in [6.45, 7) is 3.88. The second-order valence-electron chi connectivity index (χ2n) is 6.18. The summed E-state index contributed by atoms with van der Waals surface area (Å²) >= 11 is 1.25. The Morgan fingerprint density at radius 1 is 1.22 bits per heavy atom. The van der Waals surface area contributed by atoms with Crippen LogP contribution in [0.1, 0.15) is 30.0 Å². The minimum absolute atomic E-state index is 0.356. The number of hydrogen-bond acceptors (Lipinski definition) is 5. The van der Waals surface area contributed by atoms with Gasteiger partial charge in [-0.3, -0.25) is 0 Å². The number of rotatable bonds is 3. The SMILES string of the molecule is C(#Cc1ccccc1)COc1nsnc1[C@H]1CN2CCC[C@@H]1C2. The summed E-state index contributed by atoms with van der Waals surface area (Å²) in [5, 5.41) is 0. The predicted octanol–water partition coefficient (Wildman–Crippen LogP) is 2.78. The Morgan fingerprint density at radius 2 is 2.13 bits per heavy atom. The summed E-state index contributed by atoms with van der Waals surface area (Å²) < 4.78 is 14.7. The lowest BCUT2D eigenvalue weighted by Gasteiger charge is -2.21. The zero-order valence-corrected chi connectivity index (χ0v) is 13.8. The smallest absolute Gasteiger partial charge is 0.250 e. The average Bonchev–Trinajstić information content (AvgIpc) is 3.16. The summed E-state index contributed by atoms with van der Waals surface area (Å²) in [5.74, 6) is 8.05. The van der Waals surface area contributed by atoms with E-state index in [0.29, 0.717) is 24.3 Å². The van der Waals surface area contributed by atoms with Gasteiger partial charge in [0.25, 0.3) is 0 Å². The molecule has 0 N–H and O–H groups in total. The van der Waals surface area contributed by atoms with Crippen LogP contribution in [0.15, 0.2) is 30.3 Å². The summed E-state index contributed by atoms with van der Waals surface area (Å²) in [4.78, 5) is 2.54. The van der Waals surface area contributed by atoms with Crippen LogP contribution in [0, 0.1) is 17.8 Å². The Kier molecular flexibility index (Phi) is 4.27. The van der Waals surface area contributed by atoms with E-state index in [-0.39, 0.29) is 0 Å². The van der Waals surface area contributed by atoms with E-state index in [4.69, 9.17) is 4.74 Å². The molecule has 23 heavy (non-hydrogen) atoms. The van der Waals surface area contributed by atoms with Gasteiger partial charge in [0, 0.05) is 24.6 Å². The number of nitrogens with zero attached hydrogens (tertiary/aromatic N) is 3. The molecule has 0 radical (unpaired) electrons. The highest BCUT2D eigenvalue weighted by atomic mass is 32.1. The first-order chi connectivity index (χ1) is 11.4. The molecule has 5 heteroatoms. The summed E-state index contributed by atoms with van der Waals surface area (Å²) in [7, 11) is 0. The molecule has 1 aromatic heterocycles. The average molecular weight is 325 g/mol. The van der Waals surface area contributed by atoms with E-state index < -0.39 is 0 Å². The third-order valence-corrected chi connectivity index (χ3v) is 5.21. The van der Waals surface area contributed by atoms with Crippen LogP contribution in [-0.2, 0) is 0 Å². The molecular formula is C18H19N3OS. The van der Waals surface area contributed by atoms with Crippen molar-refractivity contribution in [3.05, 3.63) is 41.6 Å². The maximum Gasteiger partial charge on any atom is 0.250 e. The fourth-order valence-electron chi connectivity index (χ4n) is 3.60. The Balaban J connectivity index is 1.41. The first-order valence-corrected chi connectivity index (χ1v) is 8.85. The van der Waals surface area contributed by atoms with Crippen molar-refractivity contribution in [3.8, 4) is 17.7 Å². The van der Waals surface area contributed by atoms with Crippen LogP contribution in [0.25, 0.3) is 0 Å². The van der Waals surface area contributed by atoms with Crippen molar-refractivity contribution in [2.45, 2.75) is 18.8 Å². The Bertz CT molecular complexity index is 719. The molecule has 0 saturated carbocycles. The number of piperidine rings is 1. The van der Waals surface area contributed by atoms with Crippen molar-refractivity contribution in [2.75, 3.05) is 26.2 Å². The van der Waals surface area contributed by atoms with Crippen LogP contribution in [0.4, 0.5) is 0 Å². The topological polar surface area (TPSA) is 38.3 Å². The van der Waals surface area contributed by atoms with Gasteiger partial charge in [-0.15, -0.1) is 4.37 Å². The summed E-state index contributed by atoms with van der Waals surface area (Å²) in [5.41, 5.74) is 2.05. The molecule has 1 aromatic carbocycles. The highest BCUT2D eigenvalue weighted by Crippen LogP contribution is 2.40. The van der Waals surface area contributed by atoms with E-state index in [0.717, 1.165) is 17.8 Å². The molecule has 4 nitrogen and oxygen atoms in total. The van der Waals surface area contributed by atoms with Gasteiger partial charge in [-0.1, -0.05) is 30.0 Å². The van der Waals surface area contributed by atoms with E-state index in [1.165, 1.54) is 37.7 Å². The lowest BCUT2D eigenvalue weighted by atomic mass is 9.89. The lowest BCUT2D eigenvalue weighted by Crippen LogP contribution is -2.25. The minimum Gasteiger partial charge on any atom is -0.463 e. The molecule has 0 amide bonds. The molecule has 2 aliphatic rings. The van der Waals surface area contributed by atoms with Crippen LogP contribution in [0.5, 0.6) is 5.88 Å². The fourth-order valence-corrected chi connectivity index (χ4v) is 4.16. The normalized spacial score (nSPS) is 25.7. The molecule has 1 unspecified atom stereocenters. The summed E-state index contributed by atoms with van der Waals surface area (Å²) in [6.07, 6.45) is 2.60. The van der Waals surface area contributed by atoms with E-state index in [9.17, 15) is 0 Å². The maximum atomic E-state index is 5.80. The maximum absolute atomic E-state index is 5.80. The zero-order chi connectivity index (χ0) is 15.5. The quantitative estimate of drug-likeness (QED) is 0.814. The van der Waals surface area contributed by atoms with Gasteiger partial charge in [0.1, 0.15) is 5.69 Å². The molecular weight excluding hydrogens is 306 g/mol. The number of fused-ring (bicyclic) bond motifs is 2. The molecule has 2 fully saturated rings. The van der Waals surface area contributed by atoms with E-state index in [2.05, 4.69) is 25.5 Å². The van der Waals surface area contributed by atoms with Gasteiger partial charge in [0.2, 0.25) is 5.88 Å². The van der Waals surface area contributed by atoms with Gasteiger partial charge in [-0.05, 0) is 37.4 Å². The summed E-state index contributed by atoms with van der Waals surface area (Å²) in [6, 6.07) is 9.95. The second-order valence-corrected chi connectivity index (χ2v) is 6.71. The van der Waals surface area contributed by atoms with Gasteiger partial charge in [0.15, 0.2) is 6.61 Å². The van der Waals surface area contributed by atoms with Gasteiger partial charge in [0.05, 0.1) is 11.7 Å². The van der Waals surface area contributed by atoms with Crippen molar-refractivity contribution in [3.63, 3.8) is 0 Å². The number of ether oxygens (including phenoxy) is 1. The molecule has 2 saturated heterocycles. The molecule has 0 spiro atoms. The van der Waals surface area contributed by atoms with Crippen molar-refractivity contribution in [1.29, 1.82) is 0 Å². The third kappa shape index (κ3) is 3.24. The van der Waals surface area contributed by atoms with Crippen molar-refractivity contribution < 1.29 is 4.74 Å². The fraction of sp³-hybridized carbons (Fsp3) is 0.444. The monoisotopic (exact) mass is 325 g/mol. The Hall–Kier alpha value is -1.90. The van der Waals surface area contributed by atoms with E-state index >= 15 is 0 Å². The number of aromatic nitrogens is 2. The highest BCUT2D eigenvalue weighted by molar-refractivity contribution is 6.99. The molecule has 2 aliphatic heterocycles. The first kappa shape index (κ1) is 14.7. The number of hydrogen-bond donors (Lipinski definition) is 0. The van der Waals surface area contributed by atoms with E-state index in [1.807, 2.05) is 30.3 Å². The van der Waals surface area contributed by atoms with Crippen molar-refractivity contribution in [2.24, 2.45) is 5.92 Å². The Labute approximate surface area is 140 Å². The van der Waals surface area contributed by atoms with Crippen molar-refractivity contribution in [1.82, 2.24) is 13.6 Å². The van der Waals surface area contributed by atoms with Gasteiger partial charge >= 0.3 is 0 Å². The van der Waals surface area contributed by atoms with Crippen LogP contribution >= 0.6 is 11.7 Å². The van der Waals surface area contributed by atoms with Gasteiger partial charge in [-0.25, -0.2) is 0 Å². The highest BCUT2D eigenvalue weighted by Gasteiger charge is 2.39. The van der Waals surface area contributed by atoms with Crippen LogP contribution in [0.3, 0.4) is 0 Å². The van der Waals surface area contributed by atoms with E-state index in [1.54, 1.807) is 0 Å². The molecule has 0 aliphatic carbocycles. The van der Waals surface area contributed by atoms with Crippen LogP contribution in [-0.4, -0.2) is 39.9 Å². The zero-order valence-electron chi connectivity index (χ0n) is 12.9. The van der Waals surface area contributed by atoms with Crippen molar-refractivity contribution >= 4 is 11.7 Å². The standard InChI is InChI=1S/C18H19N3OS/c1-2-6-14(7-3-1)8-5-11-22-18-17(19-23-20-18)16-13-21-10-4-9-15(16)12-21/h1-3,6-7,15-16H,4,9-13H2/t15-,16+/m1/s1. The predicted molar refractivity (Wildman–Crippen MR) is 90.6 cm³/mol. The Morgan fingerprint density at radius 3 is 3.00 bits per heavy atom.